The summed E-state index contributed by atoms with van der Waals surface area (Å²) in [5, 5.41) is 0. The van der Waals surface area contributed by atoms with Crippen molar-refractivity contribution in [3.05, 3.63) is 0 Å². The molecule has 0 spiro atoms. The van der Waals surface area contributed by atoms with Crippen LogP contribution in [-0.4, -0.2) is 49.4 Å². The Hall–Kier alpha value is -1.68. The molecule has 0 aromatic carbocycles. The normalized spacial score (nSPS) is 14.1. The minimum absolute atomic E-state index is 0.0658. The van der Waals surface area contributed by atoms with Crippen LogP contribution in [0.2, 0.25) is 0 Å². The van der Waals surface area contributed by atoms with Crippen molar-refractivity contribution in [1.82, 2.24) is 0 Å². The molecule has 0 saturated heterocycles. The highest BCUT2D eigenvalue weighted by molar-refractivity contribution is 4.77. The van der Waals surface area contributed by atoms with Crippen molar-refractivity contribution in [3.63, 3.8) is 0 Å². The molecule has 0 aromatic rings. The molecule has 0 aliphatic heterocycles. The number of hydrogen-bond acceptors (Lipinski definition) is 0. The predicted octanol–water partition coefficient (Wildman–Crippen LogP) is 28.5. The van der Waals surface area contributed by atoms with Gasteiger partial charge in [0.1, 0.15) is 0 Å². The van der Waals surface area contributed by atoms with Gasteiger partial charge in [-0.2, -0.15) is 105 Å². The van der Waals surface area contributed by atoms with E-state index in [0.29, 0.717) is 42.9 Å². The Morgan fingerprint density at radius 3 is 0.821 bits per heavy atom. The molecular formula is C60H114F24. The van der Waals surface area contributed by atoms with Crippen LogP contribution in [0.3, 0.4) is 0 Å². The number of rotatable bonds is 19. The quantitative estimate of drug-likeness (QED) is 0.0893. The summed E-state index contributed by atoms with van der Waals surface area (Å²) in [7, 11) is 0. The van der Waals surface area contributed by atoms with Gasteiger partial charge < -0.3 is 0 Å². The molecule has 0 aliphatic rings. The van der Waals surface area contributed by atoms with E-state index in [1.54, 1.807) is 27.7 Å². The second-order valence-corrected chi connectivity index (χ2v) is 24.2. The smallest absolute Gasteiger partial charge is 0.171 e. The van der Waals surface area contributed by atoms with Gasteiger partial charge in [0.25, 0.3) is 0 Å². The zero-order valence-electron chi connectivity index (χ0n) is 54.8. The third-order valence-electron chi connectivity index (χ3n) is 12.9. The van der Waals surface area contributed by atoms with Crippen LogP contribution in [0.4, 0.5) is 105 Å². The number of unbranched alkanes of at least 4 members (excludes halogenated alkanes) is 5. The lowest BCUT2D eigenvalue weighted by atomic mass is 9.93. The molecular weight excluding hydrogens is 1180 g/mol. The number of alkyl halides is 24. The van der Waals surface area contributed by atoms with Crippen LogP contribution in [0, 0.1) is 58.2 Å². The molecule has 4 atom stereocenters. The Labute approximate surface area is 492 Å². The van der Waals surface area contributed by atoms with E-state index in [9.17, 15) is 105 Å². The lowest BCUT2D eigenvalue weighted by Gasteiger charge is -2.24. The fraction of sp³-hybridized carbons (Fsp3) is 1.00. The summed E-state index contributed by atoms with van der Waals surface area (Å²) in [4.78, 5) is 0. The highest BCUT2D eigenvalue weighted by Crippen LogP contribution is 2.44. The summed E-state index contributed by atoms with van der Waals surface area (Å²) in [6.45, 7) is 42.1. The van der Waals surface area contributed by atoms with E-state index in [1.165, 1.54) is 53.4 Å². The summed E-state index contributed by atoms with van der Waals surface area (Å²) in [5.41, 5.74) is 1.08. The molecule has 0 bridgehead atoms. The lowest BCUT2D eigenvalue weighted by Crippen LogP contribution is -2.37. The maximum absolute atomic E-state index is 11.9. The SMILES string of the molecule is CC(C)CC(C(F)(F)F)C(F)(F)F.CCC(C)(C)C.CCC(C)(C)C.CCC(C)CC.CCCCC(C(F)(F)F)C(F)(F)F.CCCCCCC(F)(F)F.CCCC[C@H](C)C(F)(F)F.CCC[C@H](C)CC(F)(F)F.CC[C@H](C)C(C)C(F)(F)F. The molecule has 0 aromatic heterocycles. The molecule has 522 valence electrons. The van der Waals surface area contributed by atoms with Gasteiger partial charge in [-0.25, -0.2) is 0 Å². The monoisotopic (exact) mass is 1290 g/mol. The van der Waals surface area contributed by atoms with Gasteiger partial charge in [-0.05, 0) is 60.2 Å². The van der Waals surface area contributed by atoms with Crippen LogP contribution >= 0.6 is 0 Å². The molecule has 0 aliphatic carbocycles. The third kappa shape index (κ3) is 84.5. The van der Waals surface area contributed by atoms with Crippen molar-refractivity contribution in [3.8, 4) is 0 Å². The Bertz CT molecular complexity index is 1320. The molecule has 0 nitrogen and oxygen atoms in total. The topological polar surface area (TPSA) is 0 Å². The molecule has 0 heterocycles. The van der Waals surface area contributed by atoms with Crippen LogP contribution in [0.1, 0.15) is 281 Å². The summed E-state index contributed by atoms with van der Waals surface area (Å²) < 4.78 is 282. The van der Waals surface area contributed by atoms with Crippen LogP contribution < -0.4 is 0 Å². The van der Waals surface area contributed by atoms with E-state index in [2.05, 4.69) is 76.2 Å². The Kier molecular flexibility index (Phi) is 60.4. The van der Waals surface area contributed by atoms with Gasteiger partial charge in [-0.3, -0.25) is 0 Å². The third-order valence-corrected chi connectivity index (χ3v) is 12.9. The fourth-order valence-corrected chi connectivity index (χ4v) is 5.23. The molecule has 0 N–H and O–H groups in total. The summed E-state index contributed by atoms with van der Waals surface area (Å²) in [6, 6.07) is 0. The summed E-state index contributed by atoms with van der Waals surface area (Å²) in [6.07, 6.45) is -27.5. The molecule has 24 heteroatoms. The maximum Gasteiger partial charge on any atom is 0.400 e. The molecule has 0 radical (unpaired) electrons. The zero-order valence-corrected chi connectivity index (χ0v) is 54.8. The van der Waals surface area contributed by atoms with E-state index in [1.807, 2.05) is 20.8 Å². The van der Waals surface area contributed by atoms with Crippen molar-refractivity contribution in [2.75, 3.05) is 0 Å². The van der Waals surface area contributed by atoms with E-state index in [0.717, 1.165) is 31.6 Å². The summed E-state index contributed by atoms with van der Waals surface area (Å²) in [5.74, 6) is -8.84. The zero-order chi connectivity index (χ0) is 69.8. The van der Waals surface area contributed by atoms with Crippen molar-refractivity contribution in [2.45, 2.75) is 330 Å². The van der Waals surface area contributed by atoms with Crippen molar-refractivity contribution in [1.29, 1.82) is 0 Å². The average Bonchev–Trinajstić information content (AvgIpc) is 3.29. The first-order chi connectivity index (χ1) is 37.1. The van der Waals surface area contributed by atoms with Gasteiger partial charge in [-0.1, -0.05) is 242 Å². The Morgan fingerprint density at radius 1 is 0.310 bits per heavy atom. The first kappa shape index (κ1) is 101. The second-order valence-electron chi connectivity index (χ2n) is 24.2. The average molecular weight is 1290 g/mol. The van der Waals surface area contributed by atoms with E-state index in [-0.39, 0.29) is 31.1 Å². The minimum Gasteiger partial charge on any atom is -0.171 e. The molecule has 84 heavy (non-hydrogen) atoms. The largest absolute Gasteiger partial charge is 0.400 e. The number of hydrogen-bond donors (Lipinski definition) is 0. The maximum atomic E-state index is 11.9. The highest BCUT2D eigenvalue weighted by atomic mass is 19.4. The van der Waals surface area contributed by atoms with Gasteiger partial charge in [0.15, 0.2) is 11.8 Å². The van der Waals surface area contributed by atoms with Gasteiger partial charge >= 0.3 is 49.4 Å². The van der Waals surface area contributed by atoms with E-state index >= 15 is 0 Å². The summed E-state index contributed by atoms with van der Waals surface area (Å²) >= 11 is 0. The highest BCUT2D eigenvalue weighted by Gasteiger charge is 2.57. The molecule has 0 saturated carbocycles. The molecule has 0 fully saturated rings. The molecule has 0 rings (SSSR count). The first-order valence-electron chi connectivity index (χ1n) is 29.6. The van der Waals surface area contributed by atoms with E-state index < -0.39 is 105 Å². The lowest BCUT2D eigenvalue weighted by molar-refractivity contribution is -0.288. The van der Waals surface area contributed by atoms with Crippen LogP contribution in [-0.2, 0) is 0 Å². The first-order valence-corrected chi connectivity index (χ1v) is 29.6. The molecule has 0 amide bonds. The Morgan fingerprint density at radius 2 is 0.643 bits per heavy atom. The second kappa shape index (κ2) is 50.1. The van der Waals surface area contributed by atoms with Crippen LogP contribution in [0.25, 0.3) is 0 Å². The van der Waals surface area contributed by atoms with Gasteiger partial charge in [0.05, 0.1) is 11.8 Å². The van der Waals surface area contributed by atoms with Gasteiger partial charge in [-0.15, -0.1) is 0 Å². The Balaban J connectivity index is -0.000000109. The van der Waals surface area contributed by atoms with Crippen molar-refractivity contribution in [2.24, 2.45) is 58.2 Å². The fourth-order valence-electron chi connectivity index (χ4n) is 5.23. The predicted molar refractivity (Wildman–Crippen MR) is 298 cm³/mol. The van der Waals surface area contributed by atoms with E-state index in [4.69, 9.17) is 0 Å². The van der Waals surface area contributed by atoms with Crippen molar-refractivity contribution >= 4 is 0 Å². The number of halogens is 24. The minimum atomic E-state index is -5.19. The van der Waals surface area contributed by atoms with Crippen molar-refractivity contribution < 1.29 is 105 Å². The van der Waals surface area contributed by atoms with Crippen LogP contribution in [0.15, 0.2) is 0 Å². The van der Waals surface area contributed by atoms with Gasteiger partial charge in [0.2, 0.25) is 0 Å². The van der Waals surface area contributed by atoms with Crippen LogP contribution in [0.5, 0.6) is 0 Å². The van der Waals surface area contributed by atoms with Gasteiger partial charge in [0, 0.05) is 12.8 Å². The standard InChI is InChI=1S/2C7H10F6.4C7H13F3.3C6H14/c1-4(2)3-5(6(8,9)10)7(11,12)13;1-2-3-4-5(6(8,9)10)7(11,12)13;1-4-5(2)6(3)7(8,9)10;1-3-4-6(2)5-7(8,9)10;1-3-4-5-6(2)7(8,9)10;1-2-3-4-5-6-7(8,9)10;2*1-5-6(2,3)4;1-4-6(3)5-2/h4-5H,3H2,1-2H3;5H,2-4H2,1H3;5-6H,4H2,1-3H3;2*6H,3-5H2,1-2H3;2-6H2,1H3;2*5H2,1-4H3;6H,4-5H2,1-3H3/t;;5-,6?;2*6-;;;;/m..000..../s1. The molecule has 1 unspecified atom stereocenters.